The summed E-state index contributed by atoms with van der Waals surface area (Å²) < 4.78 is 0. The fraction of sp³-hybridized carbons (Fsp3) is 0.667. The van der Waals surface area contributed by atoms with Crippen molar-refractivity contribution in [3.8, 4) is 0 Å². The minimum atomic E-state index is -0.753. The molecule has 1 atom stereocenters. The van der Waals surface area contributed by atoms with Crippen LogP contribution in [0, 0.1) is 5.41 Å². The Hall–Kier alpha value is -1.39. The predicted molar refractivity (Wildman–Crippen MR) is 105 cm³/mol. The van der Waals surface area contributed by atoms with Crippen molar-refractivity contribution in [1.29, 1.82) is 0 Å². The molecule has 144 valence electrons. The van der Waals surface area contributed by atoms with Crippen LogP contribution in [-0.2, 0) is 4.79 Å². The molecule has 25 heavy (non-hydrogen) atoms. The lowest BCUT2D eigenvalue weighted by Gasteiger charge is -2.32. The van der Waals surface area contributed by atoms with E-state index in [-0.39, 0.29) is 11.4 Å². The minimum absolute atomic E-state index is 0. The molecule has 0 aliphatic carbocycles. The van der Waals surface area contributed by atoms with Gasteiger partial charge in [0, 0.05) is 12.1 Å². The third kappa shape index (κ3) is 6.79. The van der Waals surface area contributed by atoms with E-state index < -0.39 is 11.4 Å². The van der Waals surface area contributed by atoms with Gasteiger partial charge >= 0.3 is 5.97 Å². The summed E-state index contributed by atoms with van der Waals surface area (Å²) in [4.78, 5) is 14.2. The first kappa shape index (κ1) is 23.6. The van der Waals surface area contributed by atoms with Crippen LogP contribution in [0.3, 0.4) is 0 Å². The Morgan fingerprint density at radius 3 is 2.00 bits per heavy atom. The van der Waals surface area contributed by atoms with Gasteiger partial charge in [0.05, 0.1) is 5.41 Å². The zero-order chi connectivity index (χ0) is 18.3. The van der Waals surface area contributed by atoms with Crippen LogP contribution in [0.15, 0.2) is 30.3 Å². The van der Waals surface area contributed by atoms with Gasteiger partial charge in [0.25, 0.3) is 0 Å². The molecule has 0 heterocycles. The fourth-order valence-corrected chi connectivity index (χ4v) is 3.53. The molecule has 3 N–H and O–H groups in total. The number of rotatable bonds is 10. The van der Waals surface area contributed by atoms with Gasteiger partial charge in [0.2, 0.25) is 0 Å². The van der Waals surface area contributed by atoms with E-state index in [9.17, 15) is 9.90 Å². The van der Waals surface area contributed by atoms with Crippen LogP contribution in [0.5, 0.6) is 0 Å². The Morgan fingerprint density at radius 2 is 1.56 bits per heavy atom. The zero-order valence-electron chi connectivity index (χ0n) is 16.7. The van der Waals surface area contributed by atoms with Gasteiger partial charge in [-0.15, -0.1) is 0 Å². The van der Waals surface area contributed by atoms with Crippen LogP contribution in [0.25, 0.3) is 0 Å². The first-order valence-electron chi connectivity index (χ1n) is 9.22. The Bertz CT molecular complexity index is 489. The summed E-state index contributed by atoms with van der Waals surface area (Å²) in [6, 6.07) is 11.2. The van der Waals surface area contributed by atoms with Crippen molar-refractivity contribution in [2.24, 2.45) is 5.41 Å². The highest BCUT2D eigenvalue weighted by Crippen LogP contribution is 2.39. The highest BCUT2D eigenvalue weighted by atomic mass is 16.4. The summed E-state index contributed by atoms with van der Waals surface area (Å²) in [6.45, 7) is 13.7. The van der Waals surface area contributed by atoms with Crippen molar-refractivity contribution in [3.05, 3.63) is 35.9 Å². The highest BCUT2D eigenvalue weighted by Gasteiger charge is 2.37. The van der Waals surface area contributed by atoms with Crippen molar-refractivity contribution in [2.45, 2.75) is 78.8 Å². The topological polar surface area (TPSA) is 72.0 Å². The standard InChI is InChI=1S/C21H35NO2.H2O/c1-16(2)22(17(3)4)15-11-10-14-19(21(5,6)20(23)24)18-12-8-7-9-13-18;/h7-9,12-13,16-17,19H,10-11,14-15H2,1-6H3,(H,23,24);1H2/t19-;/m1./s1. The van der Waals surface area contributed by atoms with E-state index in [0.717, 1.165) is 31.4 Å². The Balaban J connectivity index is 0.00000576. The molecule has 1 aromatic carbocycles. The summed E-state index contributed by atoms with van der Waals surface area (Å²) in [6.07, 6.45) is 3.06. The summed E-state index contributed by atoms with van der Waals surface area (Å²) >= 11 is 0. The van der Waals surface area contributed by atoms with Gasteiger partial charge in [-0.25, -0.2) is 0 Å². The van der Waals surface area contributed by atoms with Gasteiger partial charge in [-0.1, -0.05) is 36.8 Å². The average molecular weight is 352 g/mol. The average Bonchev–Trinajstić information content (AvgIpc) is 2.50. The van der Waals surface area contributed by atoms with Gasteiger partial charge in [0.15, 0.2) is 0 Å². The van der Waals surface area contributed by atoms with Gasteiger partial charge in [-0.2, -0.15) is 0 Å². The predicted octanol–water partition coefficient (Wildman–Crippen LogP) is 4.35. The number of benzene rings is 1. The van der Waals surface area contributed by atoms with Crippen LogP contribution >= 0.6 is 0 Å². The Morgan fingerprint density at radius 1 is 1.04 bits per heavy atom. The van der Waals surface area contributed by atoms with Gasteiger partial charge in [-0.3, -0.25) is 9.69 Å². The minimum Gasteiger partial charge on any atom is -0.481 e. The second kappa shape index (κ2) is 10.6. The zero-order valence-corrected chi connectivity index (χ0v) is 16.7. The van der Waals surface area contributed by atoms with E-state index in [2.05, 4.69) is 44.7 Å². The lowest BCUT2D eigenvalue weighted by Crippen LogP contribution is -2.37. The van der Waals surface area contributed by atoms with Crippen LogP contribution in [0.4, 0.5) is 0 Å². The molecule has 0 amide bonds. The van der Waals surface area contributed by atoms with Gasteiger partial charge in [0.1, 0.15) is 0 Å². The van der Waals surface area contributed by atoms with E-state index in [1.54, 1.807) is 0 Å². The second-order valence-electron chi connectivity index (χ2n) is 7.91. The summed E-state index contributed by atoms with van der Waals surface area (Å²) in [5.41, 5.74) is 0.381. The van der Waals surface area contributed by atoms with E-state index in [4.69, 9.17) is 0 Å². The summed E-state index contributed by atoms with van der Waals surface area (Å²) in [7, 11) is 0. The number of hydrogen-bond acceptors (Lipinski definition) is 2. The highest BCUT2D eigenvalue weighted by molar-refractivity contribution is 5.75. The molecule has 0 spiro atoms. The normalized spacial score (nSPS) is 13.2. The molecule has 0 aliphatic rings. The molecule has 4 heteroatoms. The van der Waals surface area contributed by atoms with Gasteiger partial charge in [-0.05, 0) is 72.4 Å². The lowest BCUT2D eigenvalue weighted by molar-refractivity contribution is -0.148. The number of carboxylic acid groups (broad SMARTS) is 1. The Kier molecular flexibility index (Phi) is 9.98. The molecule has 0 aliphatic heterocycles. The number of aliphatic carboxylic acids is 1. The van der Waals surface area contributed by atoms with E-state index in [1.165, 1.54) is 0 Å². The third-order valence-corrected chi connectivity index (χ3v) is 5.11. The molecule has 4 nitrogen and oxygen atoms in total. The fourth-order valence-electron chi connectivity index (χ4n) is 3.53. The summed E-state index contributed by atoms with van der Waals surface area (Å²) in [5.74, 6) is -0.676. The number of carbonyl (C=O) groups is 1. The molecule has 0 aromatic heterocycles. The van der Waals surface area contributed by atoms with Gasteiger partial charge < -0.3 is 10.6 Å². The monoisotopic (exact) mass is 351 g/mol. The molecule has 0 saturated heterocycles. The Labute approximate surface area is 153 Å². The van der Waals surface area contributed by atoms with Crippen molar-refractivity contribution in [2.75, 3.05) is 6.54 Å². The molecule has 0 radical (unpaired) electrons. The van der Waals surface area contributed by atoms with Crippen molar-refractivity contribution in [3.63, 3.8) is 0 Å². The quantitative estimate of drug-likeness (QED) is 0.637. The number of hydrogen-bond donors (Lipinski definition) is 1. The van der Waals surface area contributed by atoms with E-state index in [1.807, 2.05) is 32.0 Å². The molecule has 0 bridgehead atoms. The molecule has 1 rings (SSSR count). The van der Waals surface area contributed by atoms with Crippen LogP contribution in [-0.4, -0.2) is 40.1 Å². The third-order valence-electron chi connectivity index (χ3n) is 5.11. The second-order valence-corrected chi connectivity index (χ2v) is 7.91. The van der Waals surface area contributed by atoms with Crippen molar-refractivity contribution >= 4 is 5.97 Å². The molecular weight excluding hydrogens is 314 g/mol. The first-order chi connectivity index (χ1) is 11.2. The summed E-state index contributed by atoms with van der Waals surface area (Å²) in [5, 5.41) is 9.66. The van der Waals surface area contributed by atoms with E-state index >= 15 is 0 Å². The smallest absolute Gasteiger partial charge is 0.309 e. The molecule has 0 fully saturated rings. The van der Waals surface area contributed by atoms with E-state index in [0.29, 0.717) is 12.1 Å². The SMILES string of the molecule is CC(C)N(CCCC[C@H](c1ccccc1)C(C)(C)C(=O)O)C(C)C.O. The van der Waals surface area contributed by atoms with Crippen LogP contribution < -0.4 is 0 Å². The molecule has 1 aromatic rings. The molecule has 0 saturated carbocycles. The lowest BCUT2D eigenvalue weighted by atomic mass is 9.72. The number of unbranched alkanes of at least 4 members (excludes halogenated alkanes) is 1. The molecular formula is C21H37NO3. The first-order valence-corrected chi connectivity index (χ1v) is 9.22. The maximum atomic E-state index is 11.7. The maximum absolute atomic E-state index is 11.7. The van der Waals surface area contributed by atoms with Crippen LogP contribution in [0.2, 0.25) is 0 Å². The maximum Gasteiger partial charge on any atom is 0.309 e. The van der Waals surface area contributed by atoms with Crippen molar-refractivity contribution in [1.82, 2.24) is 4.90 Å². The number of nitrogens with zero attached hydrogens (tertiary/aromatic N) is 1. The number of carboxylic acids is 1. The molecule has 0 unspecified atom stereocenters. The largest absolute Gasteiger partial charge is 0.481 e. The van der Waals surface area contributed by atoms with Crippen molar-refractivity contribution < 1.29 is 15.4 Å². The van der Waals surface area contributed by atoms with Crippen LogP contribution in [0.1, 0.15) is 72.3 Å².